The van der Waals surface area contributed by atoms with Gasteiger partial charge in [-0.05, 0) is 38.5 Å². The second-order valence-corrected chi connectivity index (χ2v) is 4.96. The molecule has 0 bridgehead atoms. The number of hydrogen-bond acceptors (Lipinski definition) is 1. The topological polar surface area (TPSA) is 41.1 Å². The average molecular weight is 285 g/mol. The van der Waals surface area contributed by atoms with E-state index in [9.17, 15) is 4.79 Å². The number of hydrogen-bond donors (Lipinski definition) is 2. The van der Waals surface area contributed by atoms with Crippen LogP contribution in [-0.2, 0) is 0 Å². The van der Waals surface area contributed by atoms with Crippen LogP contribution in [0.25, 0.3) is 0 Å². The Hall–Kier alpha value is -1.03. The van der Waals surface area contributed by atoms with Gasteiger partial charge in [-0.1, -0.05) is 28.1 Å². The normalized spacial score (nSPS) is 12.3. The summed E-state index contributed by atoms with van der Waals surface area (Å²) in [6.07, 6.45) is 0. The van der Waals surface area contributed by atoms with E-state index in [0.717, 1.165) is 10.0 Å². The van der Waals surface area contributed by atoms with Crippen LogP contribution < -0.4 is 10.6 Å². The minimum Gasteiger partial charge on any atom is -0.336 e. The van der Waals surface area contributed by atoms with Crippen LogP contribution in [-0.4, -0.2) is 12.1 Å². The average Bonchev–Trinajstić information content (AvgIpc) is 2.16. The molecule has 0 aliphatic carbocycles. The lowest BCUT2D eigenvalue weighted by Gasteiger charge is -2.16. The number of nitrogens with one attached hydrogen (secondary N) is 2. The van der Waals surface area contributed by atoms with Gasteiger partial charge in [0.1, 0.15) is 0 Å². The summed E-state index contributed by atoms with van der Waals surface area (Å²) in [6, 6.07) is 7.94. The van der Waals surface area contributed by atoms with E-state index in [4.69, 9.17) is 0 Å². The number of benzene rings is 1. The van der Waals surface area contributed by atoms with Crippen molar-refractivity contribution in [2.75, 3.05) is 0 Å². The maximum Gasteiger partial charge on any atom is 0.315 e. The standard InChI is InChI=1S/C12H17BrN2O/c1-8(2)14-12(16)15-9(3)10-4-6-11(13)7-5-10/h4-9H,1-3H3,(H2,14,15,16). The summed E-state index contributed by atoms with van der Waals surface area (Å²) < 4.78 is 1.04. The highest BCUT2D eigenvalue weighted by molar-refractivity contribution is 9.10. The van der Waals surface area contributed by atoms with E-state index in [1.165, 1.54) is 0 Å². The highest BCUT2D eigenvalue weighted by Gasteiger charge is 2.09. The zero-order valence-electron chi connectivity index (χ0n) is 9.75. The molecule has 1 atom stereocenters. The predicted octanol–water partition coefficient (Wildman–Crippen LogP) is 3.22. The van der Waals surface area contributed by atoms with Crippen molar-refractivity contribution in [2.24, 2.45) is 0 Å². The molecule has 1 aromatic rings. The number of halogens is 1. The molecule has 1 rings (SSSR count). The van der Waals surface area contributed by atoms with Gasteiger partial charge < -0.3 is 10.6 Å². The lowest BCUT2D eigenvalue weighted by Crippen LogP contribution is -2.40. The number of amides is 2. The summed E-state index contributed by atoms with van der Waals surface area (Å²) >= 11 is 3.38. The van der Waals surface area contributed by atoms with Crippen molar-refractivity contribution in [3.8, 4) is 0 Å². The van der Waals surface area contributed by atoms with Crippen molar-refractivity contribution in [1.29, 1.82) is 0 Å². The summed E-state index contributed by atoms with van der Waals surface area (Å²) in [5, 5.41) is 5.68. The van der Waals surface area contributed by atoms with Crippen LogP contribution in [0.4, 0.5) is 4.79 Å². The molecular formula is C12H17BrN2O. The predicted molar refractivity (Wildman–Crippen MR) is 69.4 cm³/mol. The molecule has 1 aromatic carbocycles. The Morgan fingerprint density at radius 1 is 1.12 bits per heavy atom. The fourth-order valence-corrected chi connectivity index (χ4v) is 1.60. The van der Waals surface area contributed by atoms with Gasteiger partial charge in [0.15, 0.2) is 0 Å². The molecular weight excluding hydrogens is 268 g/mol. The van der Waals surface area contributed by atoms with Gasteiger partial charge >= 0.3 is 6.03 Å². The molecule has 3 nitrogen and oxygen atoms in total. The Bertz CT molecular complexity index is 349. The van der Waals surface area contributed by atoms with E-state index in [2.05, 4.69) is 26.6 Å². The molecule has 4 heteroatoms. The van der Waals surface area contributed by atoms with Crippen molar-refractivity contribution < 1.29 is 4.79 Å². The van der Waals surface area contributed by atoms with E-state index < -0.39 is 0 Å². The minimum atomic E-state index is -0.134. The van der Waals surface area contributed by atoms with Gasteiger partial charge in [0, 0.05) is 10.5 Å². The smallest absolute Gasteiger partial charge is 0.315 e. The van der Waals surface area contributed by atoms with Crippen molar-refractivity contribution >= 4 is 22.0 Å². The molecule has 0 saturated carbocycles. The van der Waals surface area contributed by atoms with Crippen LogP contribution >= 0.6 is 15.9 Å². The Labute approximate surface area is 105 Å². The first kappa shape index (κ1) is 13.0. The monoisotopic (exact) mass is 284 g/mol. The number of rotatable bonds is 3. The maximum atomic E-state index is 11.5. The summed E-state index contributed by atoms with van der Waals surface area (Å²) in [6.45, 7) is 5.83. The van der Waals surface area contributed by atoms with Gasteiger partial charge in [-0.2, -0.15) is 0 Å². The number of carbonyl (C=O) groups excluding carboxylic acids is 1. The van der Waals surface area contributed by atoms with Crippen LogP contribution in [0.2, 0.25) is 0 Å². The van der Waals surface area contributed by atoms with Crippen LogP contribution in [0.5, 0.6) is 0 Å². The third-order valence-corrected chi connectivity index (χ3v) is 2.67. The molecule has 16 heavy (non-hydrogen) atoms. The fraction of sp³-hybridized carbons (Fsp3) is 0.417. The summed E-state index contributed by atoms with van der Waals surface area (Å²) in [4.78, 5) is 11.5. The van der Waals surface area contributed by atoms with Crippen molar-refractivity contribution in [3.63, 3.8) is 0 Å². The van der Waals surface area contributed by atoms with E-state index in [0.29, 0.717) is 0 Å². The summed E-state index contributed by atoms with van der Waals surface area (Å²) in [5.74, 6) is 0. The first-order valence-electron chi connectivity index (χ1n) is 5.31. The maximum absolute atomic E-state index is 11.5. The first-order chi connectivity index (χ1) is 7.49. The molecule has 0 aliphatic rings. The van der Waals surface area contributed by atoms with Crippen molar-refractivity contribution in [3.05, 3.63) is 34.3 Å². The van der Waals surface area contributed by atoms with Gasteiger partial charge in [-0.3, -0.25) is 0 Å². The van der Waals surface area contributed by atoms with Gasteiger partial charge in [0.2, 0.25) is 0 Å². The van der Waals surface area contributed by atoms with Crippen LogP contribution in [0.15, 0.2) is 28.7 Å². The molecule has 0 saturated heterocycles. The molecule has 88 valence electrons. The van der Waals surface area contributed by atoms with Crippen molar-refractivity contribution in [2.45, 2.75) is 32.9 Å². The van der Waals surface area contributed by atoms with Gasteiger partial charge in [0.25, 0.3) is 0 Å². The minimum absolute atomic E-state index is 0.00634. The van der Waals surface area contributed by atoms with Crippen LogP contribution in [0.3, 0.4) is 0 Å². The zero-order chi connectivity index (χ0) is 12.1. The molecule has 0 radical (unpaired) electrons. The van der Waals surface area contributed by atoms with Crippen LogP contribution in [0, 0.1) is 0 Å². The molecule has 0 aromatic heterocycles. The van der Waals surface area contributed by atoms with Gasteiger partial charge in [0.05, 0.1) is 6.04 Å². The van der Waals surface area contributed by atoms with Gasteiger partial charge in [-0.25, -0.2) is 4.79 Å². The largest absolute Gasteiger partial charge is 0.336 e. The molecule has 0 fully saturated rings. The third kappa shape index (κ3) is 4.23. The Morgan fingerprint density at radius 2 is 1.69 bits per heavy atom. The molecule has 0 heterocycles. The number of carbonyl (C=O) groups is 1. The van der Waals surface area contributed by atoms with E-state index >= 15 is 0 Å². The Balaban J connectivity index is 2.55. The Kier molecular flexibility index (Phi) is 4.80. The fourth-order valence-electron chi connectivity index (χ4n) is 1.34. The second-order valence-electron chi connectivity index (χ2n) is 4.05. The summed E-state index contributed by atoms with van der Waals surface area (Å²) in [5.41, 5.74) is 1.09. The highest BCUT2D eigenvalue weighted by atomic mass is 79.9. The highest BCUT2D eigenvalue weighted by Crippen LogP contribution is 2.16. The lowest BCUT2D eigenvalue weighted by atomic mass is 10.1. The van der Waals surface area contributed by atoms with Gasteiger partial charge in [-0.15, -0.1) is 0 Å². The quantitative estimate of drug-likeness (QED) is 0.879. The van der Waals surface area contributed by atoms with E-state index in [1.807, 2.05) is 45.0 Å². The molecule has 0 aliphatic heterocycles. The first-order valence-corrected chi connectivity index (χ1v) is 6.11. The Morgan fingerprint density at radius 3 is 2.19 bits per heavy atom. The zero-order valence-corrected chi connectivity index (χ0v) is 11.3. The van der Waals surface area contributed by atoms with E-state index in [-0.39, 0.29) is 18.1 Å². The van der Waals surface area contributed by atoms with E-state index in [1.54, 1.807) is 0 Å². The molecule has 2 N–H and O–H groups in total. The molecule has 1 unspecified atom stereocenters. The number of urea groups is 1. The molecule has 2 amide bonds. The SMILES string of the molecule is CC(C)NC(=O)NC(C)c1ccc(Br)cc1. The summed E-state index contributed by atoms with van der Waals surface area (Å²) in [7, 11) is 0. The lowest BCUT2D eigenvalue weighted by molar-refractivity contribution is 0.235. The van der Waals surface area contributed by atoms with Crippen LogP contribution in [0.1, 0.15) is 32.4 Å². The second kappa shape index (κ2) is 5.89. The van der Waals surface area contributed by atoms with Crippen molar-refractivity contribution in [1.82, 2.24) is 10.6 Å². The third-order valence-electron chi connectivity index (χ3n) is 2.14. The molecule has 0 spiro atoms.